The summed E-state index contributed by atoms with van der Waals surface area (Å²) in [5.74, 6) is 1.54. The Morgan fingerprint density at radius 1 is 1.03 bits per heavy atom. The normalized spacial score (nSPS) is 18.5. The largest absolute Gasteiger partial charge is 0.481 e. The van der Waals surface area contributed by atoms with Crippen LogP contribution in [0.2, 0.25) is 0 Å². The highest BCUT2D eigenvalue weighted by Crippen LogP contribution is 2.37. The van der Waals surface area contributed by atoms with E-state index in [0.717, 1.165) is 42.5 Å². The molecule has 0 amide bonds. The molecule has 0 aliphatic heterocycles. The lowest BCUT2D eigenvalue weighted by Crippen LogP contribution is -2.16. The number of carbonyl (C=O) groups is 1. The van der Waals surface area contributed by atoms with E-state index in [9.17, 15) is 4.79 Å². The van der Waals surface area contributed by atoms with Gasteiger partial charge >= 0.3 is 5.97 Å². The number of H-pyrrole nitrogens is 1. The summed E-state index contributed by atoms with van der Waals surface area (Å²) in [6.07, 6.45) is 9.18. The molecular formula is C24H23N5O3. The van der Waals surface area contributed by atoms with Crippen LogP contribution < -0.4 is 0 Å². The molecular weight excluding hydrogens is 406 g/mol. The average molecular weight is 429 g/mol. The van der Waals surface area contributed by atoms with Gasteiger partial charge in [0.1, 0.15) is 6.26 Å². The van der Waals surface area contributed by atoms with Gasteiger partial charge in [0.15, 0.2) is 5.82 Å². The second-order valence-corrected chi connectivity index (χ2v) is 8.21. The van der Waals surface area contributed by atoms with Gasteiger partial charge in [-0.2, -0.15) is 5.10 Å². The molecule has 3 heterocycles. The number of nitrogens with zero attached hydrogens (tertiary/aromatic N) is 4. The van der Waals surface area contributed by atoms with E-state index in [2.05, 4.69) is 49.4 Å². The first-order chi connectivity index (χ1) is 15.7. The minimum absolute atomic E-state index is 0.294. The second kappa shape index (κ2) is 8.74. The summed E-state index contributed by atoms with van der Waals surface area (Å²) in [6.45, 7) is 0. The summed E-state index contributed by atoms with van der Waals surface area (Å²) < 4.78 is 5.24. The fourth-order valence-corrected chi connectivity index (χ4v) is 4.40. The van der Waals surface area contributed by atoms with Gasteiger partial charge in [-0.3, -0.25) is 14.9 Å². The van der Waals surface area contributed by atoms with Crippen molar-refractivity contribution in [2.24, 2.45) is 5.92 Å². The summed E-state index contributed by atoms with van der Waals surface area (Å²) >= 11 is 0. The number of aromatic amines is 1. The molecule has 0 saturated heterocycles. The fraction of sp³-hybridized carbons (Fsp3) is 0.292. The fourth-order valence-electron chi connectivity index (χ4n) is 4.40. The van der Waals surface area contributed by atoms with Crippen LogP contribution in [0.15, 0.2) is 59.5 Å². The Morgan fingerprint density at radius 3 is 2.47 bits per heavy atom. The molecule has 162 valence electrons. The lowest BCUT2D eigenvalue weighted by molar-refractivity contribution is -0.138. The van der Waals surface area contributed by atoms with E-state index in [-0.39, 0.29) is 0 Å². The molecule has 1 fully saturated rings. The standard InChI is InChI=1S/C24H23N5O3/c30-21(31)13-15-1-3-16(4-2-15)17-5-7-18(8-6-17)20-10-9-19(14-26-20)22-27-23(29-28-22)24-25-11-12-32-24/h5-12,14-16H,1-4,13H2,(H,30,31)(H,27,28,29). The van der Waals surface area contributed by atoms with Gasteiger partial charge < -0.3 is 9.52 Å². The highest BCUT2D eigenvalue weighted by Gasteiger charge is 2.24. The van der Waals surface area contributed by atoms with Crippen LogP contribution in [0.5, 0.6) is 0 Å². The summed E-state index contributed by atoms with van der Waals surface area (Å²) in [7, 11) is 0. The Morgan fingerprint density at radius 2 is 1.81 bits per heavy atom. The molecule has 3 aromatic heterocycles. The Bertz CT molecular complexity index is 1180. The number of hydrogen-bond acceptors (Lipinski definition) is 6. The molecule has 0 unspecified atom stereocenters. The molecule has 2 N–H and O–H groups in total. The van der Waals surface area contributed by atoms with Crippen LogP contribution in [-0.4, -0.2) is 36.2 Å². The van der Waals surface area contributed by atoms with Crippen molar-refractivity contribution in [1.29, 1.82) is 0 Å². The van der Waals surface area contributed by atoms with Gasteiger partial charge in [-0.25, -0.2) is 9.97 Å². The smallest absolute Gasteiger partial charge is 0.303 e. The number of benzene rings is 1. The van der Waals surface area contributed by atoms with E-state index in [4.69, 9.17) is 9.52 Å². The predicted molar refractivity (Wildman–Crippen MR) is 117 cm³/mol. The molecule has 0 bridgehead atoms. The number of nitrogens with one attached hydrogen (secondary N) is 1. The number of aromatic nitrogens is 5. The number of oxazole rings is 1. The van der Waals surface area contributed by atoms with Crippen LogP contribution >= 0.6 is 0 Å². The van der Waals surface area contributed by atoms with Gasteiger partial charge in [-0.05, 0) is 55.2 Å². The van der Waals surface area contributed by atoms with E-state index in [1.54, 1.807) is 12.4 Å². The van der Waals surface area contributed by atoms with Gasteiger partial charge in [0.05, 0.1) is 11.9 Å². The van der Waals surface area contributed by atoms with E-state index >= 15 is 0 Å². The van der Waals surface area contributed by atoms with Gasteiger partial charge in [0.25, 0.3) is 5.89 Å². The molecule has 1 aromatic carbocycles. The number of rotatable bonds is 6. The SMILES string of the molecule is O=C(O)CC1CCC(c2ccc(-c3ccc(-c4n[nH]c(-c5ncco5)n4)cn3)cc2)CC1. The highest BCUT2D eigenvalue weighted by atomic mass is 16.4. The maximum absolute atomic E-state index is 10.9. The number of hydrogen-bond donors (Lipinski definition) is 2. The molecule has 1 aliphatic rings. The number of pyridine rings is 1. The lowest BCUT2D eigenvalue weighted by Gasteiger charge is -2.28. The third-order valence-corrected chi connectivity index (χ3v) is 6.13. The first-order valence-corrected chi connectivity index (χ1v) is 10.8. The molecule has 1 aliphatic carbocycles. The van der Waals surface area contributed by atoms with E-state index in [0.29, 0.717) is 35.8 Å². The molecule has 8 nitrogen and oxygen atoms in total. The van der Waals surface area contributed by atoms with Gasteiger partial charge in [0, 0.05) is 23.7 Å². The maximum Gasteiger partial charge on any atom is 0.303 e. The maximum atomic E-state index is 10.9. The van der Waals surface area contributed by atoms with E-state index in [1.165, 1.54) is 11.8 Å². The molecule has 0 radical (unpaired) electrons. The molecule has 1 saturated carbocycles. The van der Waals surface area contributed by atoms with Crippen molar-refractivity contribution in [3.63, 3.8) is 0 Å². The quantitative estimate of drug-likeness (QED) is 0.446. The van der Waals surface area contributed by atoms with Crippen LogP contribution in [-0.2, 0) is 4.79 Å². The van der Waals surface area contributed by atoms with Crippen LogP contribution in [0.3, 0.4) is 0 Å². The van der Waals surface area contributed by atoms with Crippen molar-refractivity contribution in [3.05, 3.63) is 60.6 Å². The minimum Gasteiger partial charge on any atom is -0.481 e. The molecule has 8 heteroatoms. The molecule has 32 heavy (non-hydrogen) atoms. The third kappa shape index (κ3) is 4.30. The number of carboxylic acid groups (broad SMARTS) is 1. The summed E-state index contributed by atoms with van der Waals surface area (Å²) in [4.78, 5) is 24.0. The van der Waals surface area contributed by atoms with Gasteiger partial charge in [0.2, 0.25) is 5.82 Å². The minimum atomic E-state index is -0.686. The van der Waals surface area contributed by atoms with Crippen LogP contribution in [0.4, 0.5) is 0 Å². The predicted octanol–water partition coefficient (Wildman–Crippen LogP) is 4.94. The Balaban J connectivity index is 1.24. The summed E-state index contributed by atoms with van der Waals surface area (Å²) in [6, 6.07) is 12.5. The van der Waals surface area contributed by atoms with Crippen LogP contribution in [0.25, 0.3) is 34.4 Å². The monoisotopic (exact) mass is 429 g/mol. The molecule has 5 rings (SSSR count). The van der Waals surface area contributed by atoms with Gasteiger partial charge in [-0.15, -0.1) is 0 Å². The second-order valence-electron chi connectivity index (χ2n) is 8.21. The first kappa shape index (κ1) is 20.1. The topological polar surface area (TPSA) is 118 Å². The van der Waals surface area contributed by atoms with Crippen molar-refractivity contribution in [3.8, 4) is 34.4 Å². The van der Waals surface area contributed by atoms with E-state index in [1.807, 2.05) is 12.1 Å². The van der Waals surface area contributed by atoms with Crippen molar-refractivity contribution >= 4 is 5.97 Å². The van der Waals surface area contributed by atoms with Gasteiger partial charge in [-0.1, -0.05) is 24.3 Å². The molecule has 4 aromatic rings. The summed E-state index contributed by atoms with van der Waals surface area (Å²) in [5, 5.41) is 16.0. The van der Waals surface area contributed by atoms with Crippen molar-refractivity contribution in [2.75, 3.05) is 0 Å². The van der Waals surface area contributed by atoms with Crippen LogP contribution in [0, 0.1) is 5.92 Å². The number of aliphatic carboxylic acids is 1. The third-order valence-electron chi connectivity index (χ3n) is 6.13. The first-order valence-electron chi connectivity index (χ1n) is 10.8. The van der Waals surface area contributed by atoms with Crippen molar-refractivity contribution < 1.29 is 14.3 Å². The highest BCUT2D eigenvalue weighted by molar-refractivity contribution is 5.67. The van der Waals surface area contributed by atoms with E-state index < -0.39 is 5.97 Å². The van der Waals surface area contributed by atoms with Crippen LogP contribution in [0.1, 0.15) is 43.6 Å². The molecule has 0 atom stereocenters. The average Bonchev–Trinajstić information content (AvgIpc) is 3.52. The van der Waals surface area contributed by atoms with Crippen molar-refractivity contribution in [2.45, 2.75) is 38.0 Å². The zero-order valence-electron chi connectivity index (χ0n) is 17.4. The summed E-state index contributed by atoms with van der Waals surface area (Å²) in [5.41, 5.74) is 4.06. The molecule has 0 spiro atoms. The zero-order chi connectivity index (χ0) is 21.9. The Hall–Kier alpha value is -3.81. The Kier molecular flexibility index (Phi) is 5.49. The zero-order valence-corrected chi connectivity index (χ0v) is 17.4. The number of carboxylic acids is 1. The van der Waals surface area contributed by atoms with Crippen molar-refractivity contribution in [1.82, 2.24) is 25.1 Å². The lowest BCUT2D eigenvalue weighted by atomic mass is 9.77. The Labute approximate surface area is 184 Å².